The first-order chi connectivity index (χ1) is 6.74. The van der Waals surface area contributed by atoms with Gasteiger partial charge in [0.25, 0.3) is 0 Å². The van der Waals surface area contributed by atoms with Crippen molar-refractivity contribution < 1.29 is 4.39 Å². The number of likely N-dealkylation sites (N-methyl/N-ethyl adjacent to an activating group) is 1. The van der Waals surface area contributed by atoms with Crippen LogP contribution in [0.2, 0.25) is 0 Å². The third-order valence-electron chi connectivity index (χ3n) is 2.06. The second kappa shape index (κ2) is 5.36. The van der Waals surface area contributed by atoms with E-state index in [4.69, 9.17) is 5.26 Å². The summed E-state index contributed by atoms with van der Waals surface area (Å²) in [4.78, 5) is 1.87. The quantitative estimate of drug-likeness (QED) is 0.680. The van der Waals surface area contributed by atoms with E-state index >= 15 is 0 Å². The minimum absolute atomic E-state index is 0.169. The second-order valence-corrected chi connectivity index (χ2v) is 3.24. The molecule has 14 heavy (non-hydrogen) atoms. The maximum atomic E-state index is 13.1. The number of nitriles is 1. The number of rotatable bonds is 4. The van der Waals surface area contributed by atoms with Crippen molar-refractivity contribution in [3.8, 4) is 6.07 Å². The summed E-state index contributed by atoms with van der Waals surface area (Å²) >= 11 is 0. The monoisotopic (exact) mass is 192 g/mol. The Bertz CT molecular complexity index is 330. The van der Waals surface area contributed by atoms with Crippen molar-refractivity contribution in [2.45, 2.75) is 6.42 Å². The number of hydrogen-bond donors (Lipinski definition) is 0. The Labute approximate surface area is 83.6 Å². The van der Waals surface area contributed by atoms with Gasteiger partial charge in [0.15, 0.2) is 0 Å². The zero-order valence-corrected chi connectivity index (χ0v) is 8.20. The van der Waals surface area contributed by atoms with Gasteiger partial charge in [-0.1, -0.05) is 18.2 Å². The maximum Gasteiger partial charge on any atom is 0.126 e. The van der Waals surface area contributed by atoms with Gasteiger partial charge in [0.2, 0.25) is 0 Å². The molecule has 0 aliphatic rings. The Morgan fingerprint density at radius 1 is 1.43 bits per heavy atom. The zero-order valence-electron chi connectivity index (χ0n) is 8.20. The van der Waals surface area contributed by atoms with Crippen molar-refractivity contribution >= 4 is 0 Å². The normalized spacial score (nSPS) is 10.1. The molecule has 1 rings (SSSR count). The van der Waals surface area contributed by atoms with Gasteiger partial charge in [-0.25, -0.2) is 4.39 Å². The van der Waals surface area contributed by atoms with E-state index in [0.717, 1.165) is 0 Å². The number of halogens is 1. The molecule has 74 valence electrons. The number of nitrogens with zero attached hydrogens (tertiary/aromatic N) is 2. The highest BCUT2D eigenvalue weighted by Crippen LogP contribution is 2.07. The molecule has 0 atom stereocenters. The fraction of sp³-hybridized carbons (Fsp3) is 0.364. The number of hydrogen-bond acceptors (Lipinski definition) is 2. The molecule has 0 fully saturated rings. The third kappa shape index (κ3) is 3.15. The zero-order chi connectivity index (χ0) is 10.4. The van der Waals surface area contributed by atoms with Crippen LogP contribution in [0.1, 0.15) is 5.56 Å². The summed E-state index contributed by atoms with van der Waals surface area (Å²) in [6.45, 7) is 1.09. The van der Waals surface area contributed by atoms with Crippen molar-refractivity contribution in [3.05, 3.63) is 35.6 Å². The summed E-state index contributed by atoms with van der Waals surface area (Å²) < 4.78 is 13.1. The van der Waals surface area contributed by atoms with Crippen LogP contribution < -0.4 is 0 Å². The molecule has 0 aliphatic heterocycles. The minimum atomic E-state index is -0.169. The first kappa shape index (κ1) is 10.7. The summed E-state index contributed by atoms with van der Waals surface area (Å²) in [5.74, 6) is -0.169. The highest BCUT2D eigenvalue weighted by atomic mass is 19.1. The average molecular weight is 192 g/mol. The molecule has 0 radical (unpaired) electrons. The van der Waals surface area contributed by atoms with Crippen molar-refractivity contribution in [2.24, 2.45) is 0 Å². The molecular formula is C11H13FN2. The summed E-state index contributed by atoms with van der Waals surface area (Å²) in [5.41, 5.74) is 0.706. The van der Waals surface area contributed by atoms with Gasteiger partial charge in [0.1, 0.15) is 5.82 Å². The van der Waals surface area contributed by atoms with Crippen LogP contribution in [-0.2, 0) is 6.42 Å². The van der Waals surface area contributed by atoms with Crippen molar-refractivity contribution in [1.29, 1.82) is 5.26 Å². The van der Waals surface area contributed by atoms with Gasteiger partial charge in [-0.15, -0.1) is 0 Å². The van der Waals surface area contributed by atoms with E-state index in [1.165, 1.54) is 6.07 Å². The van der Waals surface area contributed by atoms with E-state index in [0.29, 0.717) is 25.1 Å². The first-order valence-corrected chi connectivity index (χ1v) is 4.53. The van der Waals surface area contributed by atoms with Crippen LogP contribution in [0.3, 0.4) is 0 Å². The van der Waals surface area contributed by atoms with Crippen molar-refractivity contribution in [1.82, 2.24) is 4.90 Å². The predicted molar refractivity (Wildman–Crippen MR) is 53.2 cm³/mol. The molecule has 1 aromatic rings. The van der Waals surface area contributed by atoms with Crippen molar-refractivity contribution in [2.75, 3.05) is 20.1 Å². The lowest BCUT2D eigenvalue weighted by Gasteiger charge is -2.12. The third-order valence-corrected chi connectivity index (χ3v) is 2.06. The Morgan fingerprint density at radius 3 is 2.79 bits per heavy atom. The molecule has 0 bridgehead atoms. The van der Waals surface area contributed by atoms with Gasteiger partial charge in [-0.3, -0.25) is 4.90 Å². The summed E-state index contributed by atoms with van der Waals surface area (Å²) in [6.07, 6.45) is 0.644. The molecule has 0 saturated heterocycles. The van der Waals surface area contributed by atoms with Gasteiger partial charge >= 0.3 is 0 Å². The van der Waals surface area contributed by atoms with E-state index in [1.807, 2.05) is 18.0 Å². The highest BCUT2D eigenvalue weighted by Gasteiger charge is 2.02. The lowest BCUT2D eigenvalue weighted by Crippen LogP contribution is -2.21. The van der Waals surface area contributed by atoms with Crippen LogP contribution in [0, 0.1) is 17.1 Å². The van der Waals surface area contributed by atoms with Crippen LogP contribution in [0.5, 0.6) is 0 Å². The van der Waals surface area contributed by atoms with E-state index in [1.54, 1.807) is 12.1 Å². The average Bonchev–Trinajstić information content (AvgIpc) is 2.17. The van der Waals surface area contributed by atoms with Crippen LogP contribution in [0.15, 0.2) is 24.3 Å². The molecule has 1 aromatic carbocycles. The maximum absolute atomic E-state index is 13.1. The molecule has 0 N–H and O–H groups in total. The van der Waals surface area contributed by atoms with Gasteiger partial charge in [-0.05, 0) is 25.1 Å². The van der Waals surface area contributed by atoms with E-state index in [2.05, 4.69) is 6.07 Å². The predicted octanol–water partition coefficient (Wildman–Crippen LogP) is 1.82. The summed E-state index contributed by atoms with van der Waals surface area (Å²) in [7, 11) is 1.85. The highest BCUT2D eigenvalue weighted by molar-refractivity contribution is 5.17. The van der Waals surface area contributed by atoms with E-state index in [-0.39, 0.29) is 5.82 Å². The summed E-state index contributed by atoms with van der Waals surface area (Å²) in [5, 5.41) is 8.42. The molecule has 0 saturated carbocycles. The van der Waals surface area contributed by atoms with Crippen LogP contribution in [-0.4, -0.2) is 25.0 Å². The molecule has 0 heterocycles. The molecule has 2 nitrogen and oxygen atoms in total. The fourth-order valence-electron chi connectivity index (χ4n) is 1.21. The van der Waals surface area contributed by atoms with Crippen molar-refractivity contribution in [3.63, 3.8) is 0 Å². The van der Waals surface area contributed by atoms with E-state index in [9.17, 15) is 4.39 Å². The largest absolute Gasteiger partial charge is 0.293 e. The Kier molecular flexibility index (Phi) is 4.09. The first-order valence-electron chi connectivity index (χ1n) is 4.53. The van der Waals surface area contributed by atoms with Crippen LogP contribution >= 0.6 is 0 Å². The Balaban J connectivity index is 2.46. The Morgan fingerprint density at radius 2 is 2.14 bits per heavy atom. The van der Waals surface area contributed by atoms with E-state index < -0.39 is 0 Å². The lowest BCUT2D eigenvalue weighted by atomic mass is 10.1. The van der Waals surface area contributed by atoms with Gasteiger partial charge in [0.05, 0.1) is 12.6 Å². The standard InChI is InChI=1S/C11H13FN2/c1-14(9-7-13)8-6-10-4-2-3-5-11(10)12/h2-5H,6,8-9H2,1H3. The molecule has 3 heteroatoms. The van der Waals surface area contributed by atoms with Gasteiger partial charge in [0, 0.05) is 6.54 Å². The smallest absolute Gasteiger partial charge is 0.126 e. The topological polar surface area (TPSA) is 27.0 Å². The second-order valence-electron chi connectivity index (χ2n) is 3.24. The molecular weight excluding hydrogens is 179 g/mol. The summed E-state index contributed by atoms with van der Waals surface area (Å²) in [6, 6.07) is 8.78. The van der Waals surface area contributed by atoms with Crippen LogP contribution in [0.4, 0.5) is 4.39 Å². The molecule has 0 unspecified atom stereocenters. The van der Waals surface area contributed by atoms with Gasteiger partial charge < -0.3 is 0 Å². The lowest BCUT2D eigenvalue weighted by molar-refractivity contribution is 0.376. The molecule has 0 aromatic heterocycles. The van der Waals surface area contributed by atoms with Crippen LogP contribution in [0.25, 0.3) is 0 Å². The molecule has 0 aliphatic carbocycles. The SMILES string of the molecule is CN(CC#N)CCc1ccccc1F. The fourth-order valence-corrected chi connectivity index (χ4v) is 1.21. The Hall–Kier alpha value is -1.40. The van der Waals surface area contributed by atoms with Gasteiger partial charge in [-0.2, -0.15) is 5.26 Å². The molecule has 0 spiro atoms. The number of benzene rings is 1. The minimum Gasteiger partial charge on any atom is -0.293 e. The molecule has 0 amide bonds.